The molecule has 0 radical (unpaired) electrons. The zero-order valence-corrected chi connectivity index (χ0v) is 9.97. The van der Waals surface area contributed by atoms with Crippen molar-refractivity contribution in [2.75, 3.05) is 0 Å². The molecule has 4 aromatic rings. The summed E-state index contributed by atoms with van der Waals surface area (Å²) in [6, 6.07) is 14.5. The lowest BCUT2D eigenvalue weighted by Gasteiger charge is -2.02. The van der Waals surface area contributed by atoms with E-state index in [4.69, 9.17) is 4.42 Å². The fourth-order valence-corrected chi connectivity index (χ4v) is 2.65. The van der Waals surface area contributed by atoms with Gasteiger partial charge in [-0.3, -0.25) is 0 Å². The van der Waals surface area contributed by atoms with Crippen LogP contribution < -0.4 is 5.46 Å². The third-order valence-corrected chi connectivity index (χ3v) is 3.46. The molecule has 0 aliphatic carbocycles. The number of fused-ring (bicyclic) bond motifs is 5. The number of rotatable bonds is 0. The van der Waals surface area contributed by atoms with Crippen molar-refractivity contribution >= 4 is 46.2 Å². The maximum atomic E-state index is 5.83. The summed E-state index contributed by atoms with van der Waals surface area (Å²) >= 11 is 0. The van der Waals surface area contributed by atoms with Crippen LogP contribution in [0.5, 0.6) is 0 Å². The molecule has 0 fully saturated rings. The Hall–Kier alpha value is -2.29. The third-order valence-electron chi connectivity index (χ3n) is 3.46. The van der Waals surface area contributed by atoms with E-state index in [9.17, 15) is 0 Å². The topological polar surface area (TPSA) is 26.0 Å². The summed E-state index contributed by atoms with van der Waals surface area (Å²) < 4.78 is 5.83. The number of hydrogen-bond acceptors (Lipinski definition) is 2. The van der Waals surface area contributed by atoms with Crippen LogP contribution in [0.15, 0.2) is 53.1 Å². The minimum Gasteiger partial charge on any atom is -0.438 e. The van der Waals surface area contributed by atoms with Crippen LogP contribution in [0.4, 0.5) is 0 Å². The van der Waals surface area contributed by atoms with E-state index in [0.29, 0.717) is 5.71 Å². The summed E-state index contributed by atoms with van der Waals surface area (Å²) in [6.45, 7) is 0. The predicted octanol–water partition coefficient (Wildman–Crippen LogP) is 2.39. The number of furan rings is 1. The van der Waals surface area contributed by atoms with Gasteiger partial charge >= 0.3 is 0 Å². The second-order valence-corrected chi connectivity index (χ2v) is 4.57. The lowest BCUT2D eigenvalue weighted by molar-refractivity contribution is 0.654. The van der Waals surface area contributed by atoms with E-state index in [1.807, 2.05) is 6.07 Å². The van der Waals surface area contributed by atoms with Gasteiger partial charge in [-0.05, 0) is 29.0 Å². The van der Waals surface area contributed by atoms with E-state index >= 15 is 0 Å². The van der Waals surface area contributed by atoms with E-state index in [1.165, 1.54) is 21.6 Å². The molecule has 2 aromatic heterocycles. The molecular weight excluding hydrogens is 221 g/mol. The fraction of sp³-hybridized carbons (Fsp3) is 0. The van der Waals surface area contributed by atoms with E-state index in [1.54, 1.807) is 6.20 Å². The first-order valence-electron chi connectivity index (χ1n) is 6.00. The molecule has 0 atom stereocenters. The quantitative estimate of drug-likeness (QED) is 0.434. The zero-order chi connectivity index (χ0) is 12.1. The Balaban J connectivity index is 2.39. The summed E-state index contributed by atoms with van der Waals surface area (Å²) in [6.07, 6.45) is 1.76. The van der Waals surface area contributed by atoms with Gasteiger partial charge < -0.3 is 4.42 Å². The summed E-state index contributed by atoms with van der Waals surface area (Å²) in [4.78, 5) is 4.29. The molecule has 18 heavy (non-hydrogen) atoms. The second-order valence-electron chi connectivity index (χ2n) is 4.57. The number of hydrogen-bond donors (Lipinski definition) is 0. The monoisotopic (exact) mass is 231 g/mol. The molecule has 0 saturated carbocycles. The molecule has 2 heterocycles. The van der Waals surface area contributed by atoms with Crippen LogP contribution in [0.2, 0.25) is 0 Å². The van der Waals surface area contributed by atoms with Crippen molar-refractivity contribution in [2.45, 2.75) is 0 Å². The SMILES string of the molecule is Bc1cc2oc3ncccc3c2c2ccccc12. The van der Waals surface area contributed by atoms with E-state index in [-0.39, 0.29) is 0 Å². The number of benzene rings is 2. The molecule has 84 valence electrons. The van der Waals surface area contributed by atoms with E-state index in [0.717, 1.165) is 11.0 Å². The van der Waals surface area contributed by atoms with E-state index in [2.05, 4.69) is 49.2 Å². The van der Waals surface area contributed by atoms with Gasteiger partial charge in [-0.15, -0.1) is 0 Å². The summed E-state index contributed by atoms with van der Waals surface area (Å²) in [5, 5.41) is 4.76. The van der Waals surface area contributed by atoms with Crippen molar-refractivity contribution in [3.8, 4) is 0 Å². The van der Waals surface area contributed by atoms with Gasteiger partial charge in [-0.1, -0.05) is 29.7 Å². The smallest absolute Gasteiger partial charge is 0.227 e. The van der Waals surface area contributed by atoms with Crippen molar-refractivity contribution in [3.63, 3.8) is 0 Å². The highest BCUT2D eigenvalue weighted by Gasteiger charge is 2.11. The van der Waals surface area contributed by atoms with E-state index < -0.39 is 0 Å². The highest BCUT2D eigenvalue weighted by Crippen LogP contribution is 2.32. The van der Waals surface area contributed by atoms with Crippen LogP contribution in [-0.4, -0.2) is 12.8 Å². The van der Waals surface area contributed by atoms with Crippen LogP contribution in [0.1, 0.15) is 0 Å². The molecule has 0 aliphatic rings. The van der Waals surface area contributed by atoms with Crippen LogP contribution >= 0.6 is 0 Å². The van der Waals surface area contributed by atoms with Gasteiger partial charge in [0.25, 0.3) is 0 Å². The first-order chi connectivity index (χ1) is 8.84. The molecule has 3 heteroatoms. The van der Waals surface area contributed by atoms with Crippen molar-refractivity contribution in [3.05, 3.63) is 48.7 Å². The van der Waals surface area contributed by atoms with Gasteiger partial charge in [-0.25, -0.2) is 4.98 Å². The van der Waals surface area contributed by atoms with Gasteiger partial charge in [-0.2, -0.15) is 0 Å². The maximum absolute atomic E-state index is 5.83. The molecule has 0 bridgehead atoms. The number of nitrogens with zero attached hydrogens (tertiary/aromatic N) is 1. The molecule has 0 aliphatic heterocycles. The van der Waals surface area contributed by atoms with Crippen molar-refractivity contribution in [1.29, 1.82) is 0 Å². The average molecular weight is 231 g/mol. The maximum Gasteiger partial charge on any atom is 0.227 e. The molecule has 4 rings (SSSR count). The third kappa shape index (κ3) is 1.16. The minimum atomic E-state index is 0.711. The Bertz CT molecular complexity index is 895. The molecule has 2 aromatic carbocycles. The molecule has 0 saturated heterocycles. The summed E-state index contributed by atoms with van der Waals surface area (Å²) in [5.41, 5.74) is 2.86. The van der Waals surface area contributed by atoms with Gasteiger partial charge in [0.15, 0.2) is 0 Å². The molecule has 0 unspecified atom stereocenters. The van der Waals surface area contributed by atoms with Gasteiger partial charge in [0.05, 0.1) is 0 Å². The molecular formula is C15H10BNO. The van der Waals surface area contributed by atoms with Gasteiger partial charge in [0, 0.05) is 17.0 Å². The Morgan fingerprint density at radius 3 is 2.61 bits per heavy atom. The number of aromatic nitrogens is 1. The Morgan fingerprint density at radius 2 is 1.72 bits per heavy atom. The standard InChI is InChI=1S/C15H10BNO/c16-12-8-13-14(10-5-2-1-4-9(10)12)11-6-3-7-17-15(11)18-13/h1-8H,16H2. The normalized spacial score (nSPS) is 11.6. The molecule has 2 nitrogen and oxygen atoms in total. The Morgan fingerprint density at radius 1 is 0.944 bits per heavy atom. The lowest BCUT2D eigenvalue weighted by Crippen LogP contribution is -2.02. The lowest BCUT2D eigenvalue weighted by atomic mass is 9.88. The zero-order valence-electron chi connectivity index (χ0n) is 9.97. The average Bonchev–Trinajstić information content (AvgIpc) is 2.77. The number of pyridine rings is 1. The van der Waals surface area contributed by atoms with Gasteiger partial charge in [0.1, 0.15) is 13.4 Å². The molecule has 0 amide bonds. The highest BCUT2D eigenvalue weighted by atomic mass is 16.3. The Labute approximate surface area is 105 Å². The fourth-order valence-electron chi connectivity index (χ4n) is 2.65. The highest BCUT2D eigenvalue weighted by molar-refractivity contribution is 6.41. The molecule has 0 N–H and O–H groups in total. The summed E-state index contributed by atoms with van der Waals surface area (Å²) in [5.74, 6) is 0. The van der Waals surface area contributed by atoms with Crippen LogP contribution in [0.3, 0.4) is 0 Å². The first kappa shape index (κ1) is 9.72. The largest absolute Gasteiger partial charge is 0.438 e. The first-order valence-corrected chi connectivity index (χ1v) is 6.00. The van der Waals surface area contributed by atoms with Gasteiger partial charge in [0.2, 0.25) is 5.71 Å². The Kier molecular flexibility index (Phi) is 1.81. The van der Waals surface area contributed by atoms with Crippen LogP contribution in [0, 0.1) is 0 Å². The minimum absolute atomic E-state index is 0.711. The van der Waals surface area contributed by atoms with Crippen LogP contribution in [-0.2, 0) is 0 Å². The van der Waals surface area contributed by atoms with Crippen molar-refractivity contribution in [1.82, 2.24) is 4.98 Å². The molecule has 0 spiro atoms. The predicted molar refractivity (Wildman–Crippen MR) is 77.2 cm³/mol. The summed E-state index contributed by atoms with van der Waals surface area (Å²) in [7, 11) is 2.11. The van der Waals surface area contributed by atoms with Crippen molar-refractivity contribution in [2.24, 2.45) is 0 Å². The second kappa shape index (κ2) is 3.36. The van der Waals surface area contributed by atoms with Crippen LogP contribution in [0.25, 0.3) is 32.8 Å². The van der Waals surface area contributed by atoms with Crippen molar-refractivity contribution < 1.29 is 4.42 Å².